The quantitative estimate of drug-likeness (QED) is 0.631. The van der Waals surface area contributed by atoms with Crippen LogP contribution in [0.2, 0.25) is 0 Å². The lowest BCUT2D eigenvalue weighted by atomic mass is 10.3. The smallest absolute Gasteiger partial charge is 0.0431 e. The molecule has 0 aliphatic rings. The fraction of sp³-hybridized carbons (Fsp3) is 0.455. The van der Waals surface area contributed by atoms with Crippen LogP contribution >= 0.6 is 27.7 Å². The van der Waals surface area contributed by atoms with Crippen LogP contribution in [0.25, 0.3) is 0 Å². The molecule has 1 rings (SSSR count). The number of hydrogen-bond acceptors (Lipinski definition) is 2. The van der Waals surface area contributed by atoms with Crippen molar-refractivity contribution in [2.24, 2.45) is 0 Å². The first-order chi connectivity index (χ1) is 6.83. The maximum absolute atomic E-state index is 8.61. The van der Waals surface area contributed by atoms with Crippen LogP contribution in [0, 0.1) is 0 Å². The van der Waals surface area contributed by atoms with E-state index in [2.05, 4.69) is 34.1 Å². The van der Waals surface area contributed by atoms with Crippen LogP contribution in [-0.2, 0) is 0 Å². The highest BCUT2D eigenvalue weighted by Gasteiger charge is 1.94. The van der Waals surface area contributed by atoms with Crippen molar-refractivity contribution in [3.63, 3.8) is 0 Å². The molecule has 0 atom stereocenters. The van der Waals surface area contributed by atoms with Gasteiger partial charge < -0.3 is 5.11 Å². The van der Waals surface area contributed by atoms with Gasteiger partial charge in [0.15, 0.2) is 0 Å². The van der Waals surface area contributed by atoms with Gasteiger partial charge in [0.1, 0.15) is 0 Å². The molecule has 78 valence electrons. The highest BCUT2D eigenvalue weighted by molar-refractivity contribution is 9.10. The second-order valence-electron chi connectivity index (χ2n) is 3.09. The molecule has 0 aromatic heterocycles. The highest BCUT2D eigenvalue weighted by atomic mass is 79.9. The van der Waals surface area contributed by atoms with E-state index in [1.807, 2.05) is 17.8 Å². The van der Waals surface area contributed by atoms with Gasteiger partial charge in [0.05, 0.1) is 0 Å². The summed E-state index contributed by atoms with van der Waals surface area (Å²) in [6.45, 7) is 0.321. The van der Waals surface area contributed by atoms with Crippen LogP contribution in [-0.4, -0.2) is 17.5 Å². The Bertz CT molecular complexity index is 265. The Hall–Kier alpha value is 0.01000. The predicted molar refractivity (Wildman–Crippen MR) is 65.8 cm³/mol. The van der Waals surface area contributed by atoms with E-state index in [0.29, 0.717) is 6.61 Å². The largest absolute Gasteiger partial charge is 0.396 e. The minimum Gasteiger partial charge on any atom is -0.396 e. The van der Waals surface area contributed by atoms with Crippen molar-refractivity contribution in [1.29, 1.82) is 0 Å². The van der Waals surface area contributed by atoms with Crippen molar-refractivity contribution in [2.45, 2.75) is 24.2 Å². The monoisotopic (exact) mass is 274 g/mol. The van der Waals surface area contributed by atoms with Gasteiger partial charge in [-0.3, -0.25) is 0 Å². The summed E-state index contributed by atoms with van der Waals surface area (Å²) >= 11 is 5.32. The lowest BCUT2D eigenvalue weighted by molar-refractivity contribution is 0.284. The summed E-state index contributed by atoms with van der Waals surface area (Å²) in [7, 11) is 0. The van der Waals surface area contributed by atoms with E-state index in [0.717, 1.165) is 23.1 Å². The summed E-state index contributed by atoms with van der Waals surface area (Å²) in [5.74, 6) is 1.14. The number of halogens is 1. The Labute approximate surface area is 98.0 Å². The Morgan fingerprint density at radius 3 is 2.79 bits per heavy atom. The molecule has 0 saturated heterocycles. The van der Waals surface area contributed by atoms with Crippen molar-refractivity contribution in [1.82, 2.24) is 0 Å². The third-order valence-corrected chi connectivity index (χ3v) is 3.44. The van der Waals surface area contributed by atoms with Crippen molar-refractivity contribution >= 4 is 27.7 Å². The average Bonchev–Trinajstić information content (AvgIpc) is 2.18. The van der Waals surface area contributed by atoms with Gasteiger partial charge in [-0.15, -0.1) is 11.8 Å². The zero-order valence-electron chi connectivity index (χ0n) is 8.08. The molecule has 0 heterocycles. The van der Waals surface area contributed by atoms with Crippen molar-refractivity contribution < 1.29 is 5.11 Å². The second kappa shape index (κ2) is 7.32. The molecule has 1 N–H and O–H groups in total. The topological polar surface area (TPSA) is 20.2 Å². The van der Waals surface area contributed by atoms with E-state index in [-0.39, 0.29) is 0 Å². The molecule has 3 heteroatoms. The molecule has 0 radical (unpaired) electrons. The Balaban J connectivity index is 2.18. The number of hydrogen-bond donors (Lipinski definition) is 1. The first-order valence-corrected chi connectivity index (χ1v) is 6.60. The van der Waals surface area contributed by atoms with E-state index in [1.165, 1.54) is 11.3 Å². The number of thioether (sulfide) groups is 1. The van der Waals surface area contributed by atoms with Gasteiger partial charge in [0.25, 0.3) is 0 Å². The third kappa shape index (κ3) is 5.03. The molecular weight excluding hydrogens is 260 g/mol. The van der Waals surface area contributed by atoms with Crippen molar-refractivity contribution in [2.75, 3.05) is 12.4 Å². The van der Waals surface area contributed by atoms with Crippen LogP contribution in [0.15, 0.2) is 33.6 Å². The summed E-state index contributed by atoms with van der Waals surface area (Å²) in [6.07, 6.45) is 3.23. The molecular formula is C11H15BrOS. The molecule has 0 aliphatic heterocycles. The molecule has 1 aromatic carbocycles. The Morgan fingerprint density at radius 2 is 2.07 bits per heavy atom. The summed E-state index contributed by atoms with van der Waals surface area (Å²) in [5.41, 5.74) is 0. The summed E-state index contributed by atoms with van der Waals surface area (Å²) in [6, 6.07) is 8.36. The maximum atomic E-state index is 8.61. The van der Waals surface area contributed by atoms with Gasteiger partial charge in [0.2, 0.25) is 0 Å². The van der Waals surface area contributed by atoms with Gasteiger partial charge in [-0.05, 0) is 36.8 Å². The Morgan fingerprint density at radius 1 is 1.21 bits per heavy atom. The molecule has 0 saturated carbocycles. The van der Waals surface area contributed by atoms with Gasteiger partial charge in [-0.1, -0.05) is 28.4 Å². The molecule has 0 bridgehead atoms. The SMILES string of the molecule is OCCCCCSc1cccc(Br)c1. The molecule has 0 spiro atoms. The van der Waals surface area contributed by atoms with Gasteiger partial charge in [-0.2, -0.15) is 0 Å². The van der Waals surface area contributed by atoms with E-state index in [1.54, 1.807) is 0 Å². The van der Waals surface area contributed by atoms with Gasteiger partial charge in [-0.25, -0.2) is 0 Å². The van der Waals surface area contributed by atoms with Crippen LogP contribution in [0.4, 0.5) is 0 Å². The fourth-order valence-corrected chi connectivity index (χ4v) is 2.66. The van der Waals surface area contributed by atoms with Crippen LogP contribution in [0.1, 0.15) is 19.3 Å². The van der Waals surface area contributed by atoms with E-state index < -0.39 is 0 Å². The average molecular weight is 275 g/mol. The number of aliphatic hydroxyl groups excluding tert-OH is 1. The number of rotatable bonds is 6. The minimum atomic E-state index is 0.321. The lowest BCUT2D eigenvalue weighted by Crippen LogP contribution is -1.85. The predicted octanol–water partition coefficient (Wildman–Crippen LogP) is 3.70. The van der Waals surface area contributed by atoms with Crippen LogP contribution in [0.3, 0.4) is 0 Å². The van der Waals surface area contributed by atoms with Gasteiger partial charge >= 0.3 is 0 Å². The number of aliphatic hydroxyl groups is 1. The molecule has 0 amide bonds. The summed E-state index contributed by atoms with van der Waals surface area (Å²) in [5, 5.41) is 8.61. The highest BCUT2D eigenvalue weighted by Crippen LogP contribution is 2.22. The second-order valence-corrected chi connectivity index (χ2v) is 5.17. The molecule has 1 nitrogen and oxygen atoms in total. The lowest BCUT2D eigenvalue weighted by Gasteiger charge is -2.01. The third-order valence-electron chi connectivity index (χ3n) is 1.87. The summed E-state index contributed by atoms with van der Waals surface area (Å²) in [4.78, 5) is 1.31. The van der Waals surface area contributed by atoms with E-state index in [4.69, 9.17) is 5.11 Å². The van der Waals surface area contributed by atoms with Gasteiger partial charge in [0, 0.05) is 16.0 Å². The number of unbranched alkanes of at least 4 members (excludes halogenated alkanes) is 2. The first-order valence-electron chi connectivity index (χ1n) is 4.82. The normalized spacial score (nSPS) is 10.4. The Kier molecular flexibility index (Phi) is 6.32. The maximum Gasteiger partial charge on any atom is 0.0431 e. The zero-order chi connectivity index (χ0) is 10.2. The fourth-order valence-electron chi connectivity index (χ4n) is 1.14. The molecule has 0 aliphatic carbocycles. The minimum absolute atomic E-state index is 0.321. The molecule has 14 heavy (non-hydrogen) atoms. The number of benzene rings is 1. The van der Waals surface area contributed by atoms with E-state index >= 15 is 0 Å². The molecule has 1 aromatic rings. The van der Waals surface area contributed by atoms with Crippen LogP contribution < -0.4 is 0 Å². The van der Waals surface area contributed by atoms with E-state index in [9.17, 15) is 0 Å². The van der Waals surface area contributed by atoms with Crippen LogP contribution in [0.5, 0.6) is 0 Å². The first kappa shape index (κ1) is 12.1. The molecule has 0 fully saturated rings. The standard InChI is InChI=1S/C11H15BrOS/c12-10-5-4-6-11(9-10)14-8-3-1-2-7-13/h4-6,9,13H,1-3,7-8H2. The zero-order valence-corrected chi connectivity index (χ0v) is 10.5. The van der Waals surface area contributed by atoms with Crippen molar-refractivity contribution in [3.05, 3.63) is 28.7 Å². The molecule has 0 unspecified atom stereocenters. The van der Waals surface area contributed by atoms with Crippen molar-refractivity contribution in [3.8, 4) is 0 Å². The summed E-state index contributed by atoms with van der Waals surface area (Å²) < 4.78 is 1.14.